The Balaban J connectivity index is 1.62. The SMILES string of the molecule is CC1=CC(Cc2ccccc2)=C(CNC(=O)c2cc(Br)cc3c2cnn3C(C)C)C(=O)C1. The van der Waals surface area contributed by atoms with E-state index in [-0.39, 0.29) is 24.3 Å². The largest absolute Gasteiger partial charge is 0.348 e. The number of allylic oxidation sites excluding steroid dienone is 3. The van der Waals surface area contributed by atoms with E-state index >= 15 is 0 Å². The normalized spacial score (nSPS) is 14.3. The second-order valence-corrected chi connectivity index (χ2v) is 9.42. The molecule has 0 radical (unpaired) electrons. The zero-order chi connectivity index (χ0) is 22.8. The number of carbonyl (C=O) groups is 2. The summed E-state index contributed by atoms with van der Waals surface area (Å²) >= 11 is 3.52. The molecular formula is C26H26BrN3O2. The molecule has 32 heavy (non-hydrogen) atoms. The van der Waals surface area contributed by atoms with Crippen molar-refractivity contribution in [2.24, 2.45) is 0 Å². The van der Waals surface area contributed by atoms with Crippen molar-refractivity contribution in [1.82, 2.24) is 15.1 Å². The summed E-state index contributed by atoms with van der Waals surface area (Å²) in [5.74, 6) is -0.145. The molecule has 1 heterocycles. The number of rotatable bonds is 6. The highest BCUT2D eigenvalue weighted by molar-refractivity contribution is 9.10. The highest BCUT2D eigenvalue weighted by Gasteiger charge is 2.22. The molecule has 0 saturated carbocycles. The van der Waals surface area contributed by atoms with Gasteiger partial charge in [0.1, 0.15) is 0 Å². The molecule has 1 amide bonds. The fourth-order valence-corrected chi connectivity index (χ4v) is 4.58. The molecule has 6 heteroatoms. The maximum Gasteiger partial charge on any atom is 0.252 e. The summed E-state index contributed by atoms with van der Waals surface area (Å²) in [7, 11) is 0. The zero-order valence-electron chi connectivity index (χ0n) is 18.5. The standard InChI is InChI=1S/C26H26BrN3O2/c1-16(2)30-24-13-20(27)12-21(23(24)15-29-30)26(32)28-14-22-19(9-17(3)10-25(22)31)11-18-7-5-4-6-8-18/h4-9,12-13,15-16H,10-11,14H2,1-3H3,(H,28,32). The molecular weight excluding hydrogens is 466 g/mol. The van der Waals surface area contributed by atoms with Crippen LogP contribution in [0.3, 0.4) is 0 Å². The molecule has 0 bridgehead atoms. The van der Waals surface area contributed by atoms with Crippen molar-refractivity contribution in [3.8, 4) is 0 Å². The first kappa shape index (κ1) is 22.2. The van der Waals surface area contributed by atoms with Crippen LogP contribution >= 0.6 is 15.9 Å². The summed E-state index contributed by atoms with van der Waals surface area (Å²) in [4.78, 5) is 26.0. The molecule has 0 aliphatic heterocycles. The Kier molecular flexibility index (Phi) is 6.42. The Labute approximate surface area is 196 Å². The predicted octanol–water partition coefficient (Wildman–Crippen LogP) is 5.57. The molecule has 0 fully saturated rings. The van der Waals surface area contributed by atoms with Gasteiger partial charge in [-0.3, -0.25) is 14.3 Å². The minimum atomic E-state index is -0.217. The first-order chi connectivity index (χ1) is 15.3. The van der Waals surface area contributed by atoms with Crippen LogP contribution in [0.5, 0.6) is 0 Å². The average Bonchev–Trinajstić information content (AvgIpc) is 3.17. The van der Waals surface area contributed by atoms with E-state index in [1.54, 1.807) is 12.3 Å². The number of nitrogens with zero attached hydrogens (tertiary/aromatic N) is 2. The van der Waals surface area contributed by atoms with Crippen LogP contribution < -0.4 is 5.32 Å². The first-order valence-electron chi connectivity index (χ1n) is 10.7. The van der Waals surface area contributed by atoms with Crippen LogP contribution in [0.15, 0.2) is 75.9 Å². The van der Waals surface area contributed by atoms with Crippen LogP contribution in [0, 0.1) is 0 Å². The average molecular weight is 492 g/mol. The van der Waals surface area contributed by atoms with E-state index in [0.29, 0.717) is 24.0 Å². The van der Waals surface area contributed by atoms with Crippen molar-refractivity contribution in [2.45, 2.75) is 39.7 Å². The summed E-state index contributed by atoms with van der Waals surface area (Å²) < 4.78 is 2.71. The third-order valence-corrected chi connectivity index (χ3v) is 6.12. The lowest BCUT2D eigenvalue weighted by atomic mass is 9.88. The summed E-state index contributed by atoms with van der Waals surface area (Å²) in [6.07, 6.45) is 4.87. The summed E-state index contributed by atoms with van der Waals surface area (Å²) in [5, 5.41) is 8.23. The lowest BCUT2D eigenvalue weighted by Gasteiger charge is -2.19. The van der Waals surface area contributed by atoms with E-state index in [9.17, 15) is 9.59 Å². The van der Waals surface area contributed by atoms with Crippen molar-refractivity contribution in [3.63, 3.8) is 0 Å². The van der Waals surface area contributed by atoms with Gasteiger partial charge < -0.3 is 5.32 Å². The van der Waals surface area contributed by atoms with E-state index in [2.05, 4.69) is 58.4 Å². The van der Waals surface area contributed by atoms with Gasteiger partial charge in [0.2, 0.25) is 0 Å². The van der Waals surface area contributed by atoms with Gasteiger partial charge >= 0.3 is 0 Å². The van der Waals surface area contributed by atoms with Crippen molar-refractivity contribution in [1.29, 1.82) is 0 Å². The van der Waals surface area contributed by atoms with Gasteiger partial charge in [-0.2, -0.15) is 5.10 Å². The number of amides is 1. The molecule has 5 nitrogen and oxygen atoms in total. The number of ketones is 1. The Hall–Kier alpha value is -2.99. The topological polar surface area (TPSA) is 64.0 Å². The smallest absolute Gasteiger partial charge is 0.252 e. The minimum Gasteiger partial charge on any atom is -0.348 e. The second kappa shape index (κ2) is 9.25. The van der Waals surface area contributed by atoms with Gasteiger partial charge in [-0.15, -0.1) is 0 Å². The fourth-order valence-electron chi connectivity index (χ4n) is 4.13. The number of hydrogen-bond acceptors (Lipinski definition) is 3. The number of fused-ring (bicyclic) bond motifs is 1. The summed E-state index contributed by atoms with van der Waals surface area (Å²) in [5.41, 5.74) is 5.28. The van der Waals surface area contributed by atoms with Gasteiger partial charge in [-0.05, 0) is 50.5 Å². The number of benzene rings is 2. The van der Waals surface area contributed by atoms with Crippen LogP contribution in [0.1, 0.15) is 49.2 Å². The van der Waals surface area contributed by atoms with Crippen LogP contribution in [0.25, 0.3) is 10.9 Å². The maximum absolute atomic E-state index is 13.2. The Morgan fingerprint density at radius 2 is 1.97 bits per heavy atom. The van der Waals surface area contributed by atoms with Crippen molar-refractivity contribution < 1.29 is 9.59 Å². The van der Waals surface area contributed by atoms with Gasteiger partial charge in [-0.1, -0.05) is 57.9 Å². The first-order valence-corrected chi connectivity index (χ1v) is 11.5. The molecule has 3 aromatic rings. The van der Waals surface area contributed by atoms with Crippen LogP contribution in [0.2, 0.25) is 0 Å². The van der Waals surface area contributed by atoms with E-state index in [1.807, 2.05) is 35.9 Å². The van der Waals surface area contributed by atoms with Crippen molar-refractivity contribution in [3.05, 3.63) is 87.1 Å². The van der Waals surface area contributed by atoms with E-state index in [4.69, 9.17) is 0 Å². The lowest BCUT2D eigenvalue weighted by Crippen LogP contribution is -2.30. The van der Waals surface area contributed by atoms with Crippen LogP contribution in [-0.4, -0.2) is 28.0 Å². The number of nitrogens with one attached hydrogen (secondary N) is 1. The van der Waals surface area contributed by atoms with E-state index in [0.717, 1.165) is 32.1 Å². The van der Waals surface area contributed by atoms with Crippen LogP contribution in [0.4, 0.5) is 0 Å². The third kappa shape index (κ3) is 4.60. The molecule has 0 atom stereocenters. The predicted molar refractivity (Wildman–Crippen MR) is 131 cm³/mol. The number of carbonyl (C=O) groups excluding carboxylic acids is 2. The van der Waals surface area contributed by atoms with E-state index in [1.165, 1.54) is 0 Å². The second-order valence-electron chi connectivity index (χ2n) is 8.51. The molecule has 0 spiro atoms. The number of aromatic nitrogens is 2. The minimum absolute atomic E-state index is 0.0725. The molecule has 1 aliphatic rings. The molecule has 2 aromatic carbocycles. The van der Waals surface area contributed by atoms with Crippen LogP contribution in [-0.2, 0) is 11.2 Å². The monoisotopic (exact) mass is 491 g/mol. The molecule has 1 aromatic heterocycles. The Morgan fingerprint density at radius 3 is 2.69 bits per heavy atom. The molecule has 1 aliphatic carbocycles. The highest BCUT2D eigenvalue weighted by atomic mass is 79.9. The molecule has 164 valence electrons. The van der Waals surface area contributed by atoms with Gasteiger partial charge in [0, 0.05) is 34.4 Å². The lowest BCUT2D eigenvalue weighted by molar-refractivity contribution is -0.115. The van der Waals surface area contributed by atoms with Crippen molar-refractivity contribution in [2.75, 3.05) is 6.54 Å². The van der Waals surface area contributed by atoms with Gasteiger partial charge in [-0.25, -0.2) is 0 Å². The number of halogens is 1. The quantitative estimate of drug-likeness (QED) is 0.490. The molecule has 0 unspecified atom stereocenters. The highest BCUT2D eigenvalue weighted by Crippen LogP contribution is 2.27. The van der Waals surface area contributed by atoms with Crippen molar-refractivity contribution >= 4 is 38.5 Å². The summed E-state index contributed by atoms with van der Waals surface area (Å²) in [6, 6.07) is 14.0. The number of hydrogen-bond donors (Lipinski definition) is 1. The third-order valence-electron chi connectivity index (χ3n) is 5.66. The summed E-state index contributed by atoms with van der Waals surface area (Å²) in [6.45, 7) is 6.29. The number of Topliss-reactive ketones (excluding diaryl/α,β-unsaturated/α-hetero) is 1. The molecule has 1 N–H and O–H groups in total. The Morgan fingerprint density at radius 1 is 1.22 bits per heavy atom. The maximum atomic E-state index is 13.2. The molecule has 0 saturated heterocycles. The van der Waals surface area contributed by atoms with Gasteiger partial charge in [0.25, 0.3) is 5.91 Å². The zero-order valence-corrected chi connectivity index (χ0v) is 20.1. The van der Waals surface area contributed by atoms with E-state index < -0.39 is 0 Å². The van der Waals surface area contributed by atoms with Gasteiger partial charge in [0.05, 0.1) is 17.3 Å². The Bertz CT molecular complexity index is 1250. The molecule has 4 rings (SSSR count). The van der Waals surface area contributed by atoms with Gasteiger partial charge in [0.15, 0.2) is 5.78 Å². The fraction of sp³-hybridized carbons (Fsp3) is 0.269.